The molecule has 0 aliphatic heterocycles. The first-order chi connectivity index (χ1) is 33.9. The molecule has 0 aromatic carbocycles. The lowest BCUT2D eigenvalue weighted by Crippen LogP contribution is -2.28. The second kappa shape index (κ2) is 50.6. The van der Waals surface area contributed by atoms with E-state index in [1.807, 2.05) is 118 Å². The maximum absolute atomic E-state index is 8.36. The zero-order valence-electron chi connectivity index (χ0n) is 55.0. The summed E-state index contributed by atoms with van der Waals surface area (Å²) in [5.41, 5.74) is -0.127. The lowest BCUT2D eigenvalue weighted by molar-refractivity contribution is -0.0732. The Balaban J connectivity index is -0.000000143. The van der Waals surface area contributed by atoms with Crippen LogP contribution in [0, 0.1) is 24.7 Å². The van der Waals surface area contributed by atoms with Crippen LogP contribution in [-0.4, -0.2) is 149 Å². The van der Waals surface area contributed by atoms with Crippen molar-refractivity contribution in [2.75, 3.05) is 86.4 Å². The lowest BCUT2D eigenvalue weighted by Gasteiger charge is -2.30. The van der Waals surface area contributed by atoms with Crippen molar-refractivity contribution in [1.29, 1.82) is 0 Å². The number of unbranched alkanes of at least 4 members (excludes halogenated alkanes) is 1. The SMILES string of the molecule is C#CCOC(C)(C)C.C#CCOCCOCCOC(C)(C)C.C=CCOC(C)(C)C.CC(C)(C)OC1CCCCC1.CC(C)(C)OCCOCCO.CC(C)OC(C)(C)C.CCCCOC(C)(C)C.COC(C)(C)C. The van der Waals surface area contributed by atoms with E-state index in [0.717, 1.165) is 6.61 Å². The van der Waals surface area contributed by atoms with Gasteiger partial charge in [-0.1, -0.05) is 50.5 Å². The molecule has 12 heteroatoms. The van der Waals surface area contributed by atoms with Gasteiger partial charge in [-0.25, -0.2) is 0 Å². The predicted molar refractivity (Wildman–Crippen MR) is 321 cm³/mol. The molecule has 0 bridgehead atoms. The van der Waals surface area contributed by atoms with Crippen molar-refractivity contribution < 1.29 is 57.2 Å². The molecule has 1 fully saturated rings. The molecule has 0 heterocycles. The van der Waals surface area contributed by atoms with E-state index in [0.29, 0.717) is 78.3 Å². The average Bonchev–Trinajstić information content (AvgIpc) is 3.22. The van der Waals surface area contributed by atoms with Crippen LogP contribution < -0.4 is 0 Å². The molecular formula is C63H130O12. The largest absolute Gasteiger partial charge is 0.394 e. The van der Waals surface area contributed by atoms with E-state index in [1.165, 1.54) is 44.9 Å². The monoisotopic (exact) mass is 1080 g/mol. The van der Waals surface area contributed by atoms with E-state index in [2.05, 4.69) is 87.7 Å². The molecule has 0 spiro atoms. The van der Waals surface area contributed by atoms with Crippen molar-refractivity contribution in [3.8, 4) is 24.7 Å². The lowest BCUT2D eigenvalue weighted by atomic mass is 9.97. The maximum atomic E-state index is 8.36. The van der Waals surface area contributed by atoms with Crippen LogP contribution in [-0.2, 0) is 52.1 Å². The van der Waals surface area contributed by atoms with Crippen molar-refractivity contribution >= 4 is 0 Å². The molecule has 1 rings (SSSR count). The number of aliphatic hydroxyl groups is 1. The van der Waals surface area contributed by atoms with Crippen LogP contribution in [0.5, 0.6) is 0 Å². The van der Waals surface area contributed by atoms with Crippen molar-refractivity contribution in [3.05, 3.63) is 12.7 Å². The van der Waals surface area contributed by atoms with Crippen LogP contribution in [0.4, 0.5) is 0 Å². The van der Waals surface area contributed by atoms with Crippen LogP contribution in [0.25, 0.3) is 0 Å². The molecular weight excluding hydrogens is 949 g/mol. The van der Waals surface area contributed by atoms with Gasteiger partial charge in [0.15, 0.2) is 0 Å². The zero-order chi connectivity index (χ0) is 60.5. The van der Waals surface area contributed by atoms with Crippen LogP contribution in [0.2, 0.25) is 0 Å². The van der Waals surface area contributed by atoms with E-state index in [-0.39, 0.29) is 51.4 Å². The number of hydrogen-bond donors (Lipinski definition) is 1. The van der Waals surface area contributed by atoms with Gasteiger partial charge in [0.05, 0.1) is 116 Å². The third-order valence-corrected chi connectivity index (χ3v) is 7.85. The first-order valence-electron chi connectivity index (χ1n) is 27.8. The Bertz CT molecular complexity index is 1260. The highest BCUT2D eigenvalue weighted by Crippen LogP contribution is 2.24. The summed E-state index contributed by atoms with van der Waals surface area (Å²) >= 11 is 0. The Morgan fingerprint density at radius 1 is 0.493 bits per heavy atom. The van der Waals surface area contributed by atoms with E-state index in [1.54, 1.807) is 13.2 Å². The maximum Gasteiger partial charge on any atom is 0.108 e. The van der Waals surface area contributed by atoms with Gasteiger partial charge < -0.3 is 57.2 Å². The van der Waals surface area contributed by atoms with Crippen LogP contribution in [0.3, 0.4) is 0 Å². The smallest absolute Gasteiger partial charge is 0.108 e. The molecule has 0 aromatic rings. The summed E-state index contributed by atoms with van der Waals surface area (Å²) < 4.78 is 58.2. The topological polar surface area (TPSA) is 122 Å². The van der Waals surface area contributed by atoms with Crippen LogP contribution in [0.1, 0.15) is 232 Å². The second-order valence-electron chi connectivity index (χ2n) is 25.8. The van der Waals surface area contributed by atoms with Gasteiger partial charge in [-0.3, -0.25) is 0 Å². The van der Waals surface area contributed by atoms with Crippen LogP contribution >= 0.6 is 0 Å². The Morgan fingerprint density at radius 3 is 1.13 bits per heavy atom. The van der Waals surface area contributed by atoms with E-state index in [4.69, 9.17) is 70.1 Å². The van der Waals surface area contributed by atoms with Crippen molar-refractivity contribution in [2.45, 2.75) is 289 Å². The summed E-state index contributed by atoms with van der Waals surface area (Å²) in [5.74, 6) is 4.79. The molecule has 0 radical (unpaired) electrons. The van der Waals surface area contributed by atoms with Gasteiger partial charge >= 0.3 is 0 Å². The van der Waals surface area contributed by atoms with Crippen molar-refractivity contribution in [1.82, 2.24) is 0 Å². The summed E-state index contributed by atoms with van der Waals surface area (Å²) in [6.07, 6.45) is 21.7. The summed E-state index contributed by atoms with van der Waals surface area (Å²) in [6, 6.07) is 0. The highest BCUT2D eigenvalue weighted by Gasteiger charge is 2.20. The van der Waals surface area contributed by atoms with Crippen LogP contribution in [0.15, 0.2) is 12.7 Å². The van der Waals surface area contributed by atoms with Gasteiger partial charge in [0, 0.05) is 13.7 Å². The van der Waals surface area contributed by atoms with Gasteiger partial charge in [0.25, 0.3) is 0 Å². The number of terminal acetylenes is 2. The van der Waals surface area contributed by atoms with E-state index in [9.17, 15) is 0 Å². The van der Waals surface area contributed by atoms with Crippen molar-refractivity contribution in [3.63, 3.8) is 0 Å². The summed E-state index contributed by atoms with van der Waals surface area (Å²) in [7, 11) is 1.71. The molecule has 0 aromatic heterocycles. The minimum atomic E-state index is -0.0947. The fourth-order valence-corrected chi connectivity index (χ4v) is 4.81. The van der Waals surface area contributed by atoms with Gasteiger partial charge in [-0.2, -0.15) is 0 Å². The summed E-state index contributed by atoms with van der Waals surface area (Å²) in [4.78, 5) is 0. The fraction of sp³-hybridized carbons (Fsp3) is 0.905. The fourth-order valence-electron chi connectivity index (χ4n) is 4.81. The third kappa shape index (κ3) is 121. The number of hydrogen-bond acceptors (Lipinski definition) is 12. The molecule has 1 aliphatic rings. The van der Waals surface area contributed by atoms with Gasteiger partial charge in [0.1, 0.15) is 13.2 Å². The van der Waals surface area contributed by atoms with E-state index >= 15 is 0 Å². The normalized spacial score (nSPS) is 13.2. The van der Waals surface area contributed by atoms with Crippen molar-refractivity contribution in [2.24, 2.45) is 0 Å². The zero-order valence-corrected chi connectivity index (χ0v) is 55.0. The highest BCUT2D eigenvalue weighted by molar-refractivity contribution is 4.84. The number of aliphatic hydroxyl groups excluding tert-OH is 1. The molecule has 0 amide bonds. The number of methoxy groups -OCH3 is 1. The van der Waals surface area contributed by atoms with Gasteiger partial charge in [0.2, 0.25) is 0 Å². The quantitative estimate of drug-likeness (QED) is 0.0710. The van der Waals surface area contributed by atoms with E-state index < -0.39 is 0 Å². The summed E-state index contributed by atoms with van der Waals surface area (Å²) in [6.45, 7) is 65.0. The average molecular weight is 1080 g/mol. The van der Waals surface area contributed by atoms with Gasteiger partial charge in [-0.15, -0.1) is 19.4 Å². The summed E-state index contributed by atoms with van der Waals surface area (Å²) in [5, 5.41) is 8.36. The Kier molecular flexibility index (Phi) is 58.8. The first-order valence-corrected chi connectivity index (χ1v) is 27.8. The number of rotatable bonds is 20. The Morgan fingerprint density at radius 2 is 0.867 bits per heavy atom. The highest BCUT2D eigenvalue weighted by atomic mass is 16.6. The standard InChI is InChI=1S/C11H20O3.C10H20O.C8H18O3.C8H18O.C7H16O.C7H14O.C7H12O.C5H12O/c1-5-6-12-7-8-13-9-10-14-11(2,3)4;1-10(2,3)11-9-7-5-4-6-8-9;1-8(2,3)11-7-6-10-5-4-9;1-5-6-7-9-8(2,3)4;1-6(2)8-7(3,4)5;2*1-5-6-8-7(2,3)4;1-5(2,3)6-4/h1H,6-10H2,2-4H3;9H,4-8H2,1-3H3;9H,4-7H2,1-3H3;5-7H2,1-4H3;6H,1-5H3;5H,1,6H2,2-4H3;1H,6H2,2-4H3;1-4H3. The molecule has 1 saturated carbocycles. The molecule has 1 N–H and O–H groups in total. The third-order valence-electron chi connectivity index (χ3n) is 7.85. The minimum absolute atomic E-state index is 0.0197. The molecule has 12 nitrogen and oxygen atoms in total. The Labute approximate surface area is 468 Å². The molecule has 75 heavy (non-hydrogen) atoms. The number of ether oxygens (including phenoxy) is 11. The Hall–Kier alpha value is -1.62. The molecule has 1 aliphatic carbocycles. The van der Waals surface area contributed by atoms with Gasteiger partial charge in [-0.05, 0) is 199 Å². The molecule has 0 unspecified atom stereocenters. The molecule has 0 saturated heterocycles. The second-order valence-corrected chi connectivity index (χ2v) is 25.8. The first kappa shape index (κ1) is 87.2. The minimum Gasteiger partial charge on any atom is -0.394 e. The molecule has 454 valence electrons. The predicted octanol–water partition coefficient (Wildman–Crippen LogP) is 15.1. The molecule has 0 atom stereocenters.